The van der Waals surface area contributed by atoms with Crippen molar-refractivity contribution in [3.05, 3.63) is 65.7 Å². The minimum Gasteiger partial charge on any atom is -0.497 e. The van der Waals surface area contributed by atoms with Crippen molar-refractivity contribution in [1.29, 1.82) is 0 Å². The van der Waals surface area contributed by atoms with Gasteiger partial charge in [-0.1, -0.05) is 42.5 Å². The molecule has 1 aliphatic heterocycles. The van der Waals surface area contributed by atoms with Crippen molar-refractivity contribution in [3.63, 3.8) is 0 Å². The summed E-state index contributed by atoms with van der Waals surface area (Å²) in [5, 5.41) is 14.2. The number of ether oxygens (including phenoxy) is 1. The lowest BCUT2D eigenvalue weighted by Crippen LogP contribution is -2.50. The van der Waals surface area contributed by atoms with Gasteiger partial charge in [0.25, 0.3) is 0 Å². The first kappa shape index (κ1) is 21.7. The predicted molar refractivity (Wildman–Crippen MR) is 122 cm³/mol. The molecule has 1 heterocycles. The van der Waals surface area contributed by atoms with E-state index in [1.165, 1.54) is 5.56 Å². The molecule has 1 aliphatic carbocycles. The van der Waals surface area contributed by atoms with Gasteiger partial charge in [0, 0.05) is 19.1 Å². The van der Waals surface area contributed by atoms with Crippen LogP contribution in [0.1, 0.15) is 49.7 Å². The maximum Gasteiger partial charge on any atom is 0.317 e. The van der Waals surface area contributed by atoms with Crippen molar-refractivity contribution in [2.75, 3.05) is 20.2 Å². The summed E-state index contributed by atoms with van der Waals surface area (Å²) in [7, 11) is 1.70. The maximum atomic E-state index is 12.8. The van der Waals surface area contributed by atoms with E-state index < -0.39 is 5.60 Å². The van der Waals surface area contributed by atoms with Crippen LogP contribution in [0.3, 0.4) is 0 Å². The monoisotopic (exact) mass is 422 g/mol. The molecule has 5 heteroatoms. The normalized spacial score (nSPS) is 24.6. The van der Waals surface area contributed by atoms with Gasteiger partial charge in [-0.2, -0.15) is 0 Å². The van der Waals surface area contributed by atoms with Crippen molar-refractivity contribution in [2.45, 2.75) is 56.6 Å². The number of benzene rings is 2. The highest BCUT2D eigenvalue weighted by atomic mass is 16.5. The van der Waals surface area contributed by atoms with Crippen LogP contribution in [0, 0.1) is 5.92 Å². The number of carbonyl (C=O) groups is 1. The van der Waals surface area contributed by atoms with E-state index >= 15 is 0 Å². The summed E-state index contributed by atoms with van der Waals surface area (Å²) in [6, 6.07) is 18.4. The molecule has 2 aromatic rings. The predicted octanol–water partition coefficient (Wildman–Crippen LogP) is 4.49. The average molecular weight is 423 g/mol. The Morgan fingerprint density at radius 2 is 1.77 bits per heavy atom. The third-order valence-corrected chi connectivity index (χ3v) is 7.01. The number of nitrogens with one attached hydrogen (secondary N) is 1. The lowest BCUT2D eigenvalue weighted by molar-refractivity contribution is -0.00784. The molecular formula is C26H34N2O3. The molecule has 2 N–H and O–H groups in total. The molecule has 0 unspecified atom stereocenters. The largest absolute Gasteiger partial charge is 0.497 e. The summed E-state index contributed by atoms with van der Waals surface area (Å²) >= 11 is 0. The Morgan fingerprint density at radius 3 is 2.45 bits per heavy atom. The third-order valence-electron chi connectivity index (χ3n) is 7.01. The molecule has 2 aromatic carbocycles. The highest BCUT2D eigenvalue weighted by molar-refractivity contribution is 5.74. The Balaban J connectivity index is 1.22. The molecule has 5 nitrogen and oxygen atoms in total. The Labute approximate surface area is 185 Å². The standard InChI is InChI=1S/C26H34N2O3/c1-31-24-9-5-6-21(19-24)18-20-12-16-28(17-13-20)25(29)27-23-10-14-26(30,15-11-23)22-7-3-2-4-8-22/h2-9,19-20,23,30H,10-18H2,1H3,(H,27,29). The highest BCUT2D eigenvalue weighted by Gasteiger charge is 2.35. The van der Waals surface area contributed by atoms with Crippen molar-refractivity contribution in [3.8, 4) is 5.75 Å². The quantitative estimate of drug-likeness (QED) is 0.746. The van der Waals surface area contributed by atoms with E-state index in [1.54, 1.807) is 7.11 Å². The van der Waals surface area contributed by atoms with Gasteiger partial charge in [0.15, 0.2) is 0 Å². The number of hydrogen-bond acceptors (Lipinski definition) is 3. The van der Waals surface area contributed by atoms with Crippen LogP contribution in [-0.4, -0.2) is 42.3 Å². The SMILES string of the molecule is COc1cccc(CC2CCN(C(=O)NC3CCC(O)(c4ccccc4)CC3)CC2)c1. The molecule has 0 spiro atoms. The van der Waals surface area contributed by atoms with E-state index in [4.69, 9.17) is 4.74 Å². The number of piperidine rings is 1. The van der Waals surface area contributed by atoms with Gasteiger partial charge in [0.05, 0.1) is 12.7 Å². The van der Waals surface area contributed by atoms with E-state index in [9.17, 15) is 9.90 Å². The van der Waals surface area contributed by atoms with Gasteiger partial charge in [-0.05, 0) is 74.1 Å². The van der Waals surface area contributed by atoms with Crippen LogP contribution in [0.15, 0.2) is 54.6 Å². The molecule has 31 heavy (non-hydrogen) atoms. The second-order valence-electron chi connectivity index (χ2n) is 9.11. The summed E-state index contributed by atoms with van der Waals surface area (Å²) in [5.41, 5.74) is 1.52. The van der Waals surface area contributed by atoms with Crippen LogP contribution in [0.5, 0.6) is 5.75 Å². The molecule has 2 amide bonds. The van der Waals surface area contributed by atoms with Gasteiger partial charge in [0.1, 0.15) is 5.75 Å². The molecule has 2 fully saturated rings. The summed E-state index contributed by atoms with van der Waals surface area (Å²) in [5.74, 6) is 1.51. The topological polar surface area (TPSA) is 61.8 Å². The number of nitrogens with zero attached hydrogens (tertiary/aromatic N) is 1. The second kappa shape index (κ2) is 9.73. The van der Waals surface area contributed by atoms with Crippen LogP contribution in [0.2, 0.25) is 0 Å². The molecule has 1 saturated carbocycles. The Bertz CT molecular complexity index is 854. The third kappa shape index (κ3) is 5.40. The smallest absolute Gasteiger partial charge is 0.317 e. The first-order valence-electron chi connectivity index (χ1n) is 11.5. The number of methoxy groups -OCH3 is 1. The lowest BCUT2D eigenvalue weighted by Gasteiger charge is -2.38. The zero-order chi connectivity index (χ0) is 21.7. The number of likely N-dealkylation sites (tertiary alicyclic amines) is 1. The van der Waals surface area contributed by atoms with E-state index in [1.807, 2.05) is 47.4 Å². The fourth-order valence-electron chi connectivity index (χ4n) is 5.02. The summed E-state index contributed by atoms with van der Waals surface area (Å²) in [4.78, 5) is 14.7. The van der Waals surface area contributed by atoms with Crippen molar-refractivity contribution in [1.82, 2.24) is 10.2 Å². The molecule has 4 rings (SSSR count). The van der Waals surface area contributed by atoms with Gasteiger partial charge >= 0.3 is 6.03 Å². The zero-order valence-corrected chi connectivity index (χ0v) is 18.4. The maximum absolute atomic E-state index is 12.8. The van der Waals surface area contributed by atoms with Crippen LogP contribution >= 0.6 is 0 Å². The van der Waals surface area contributed by atoms with Gasteiger partial charge in [0.2, 0.25) is 0 Å². The summed E-state index contributed by atoms with van der Waals surface area (Å²) < 4.78 is 5.33. The van der Waals surface area contributed by atoms with E-state index in [0.29, 0.717) is 18.8 Å². The van der Waals surface area contributed by atoms with Crippen LogP contribution < -0.4 is 10.1 Å². The van der Waals surface area contributed by atoms with Crippen molar-refractivity contribution < 1.29 is 14.6 Å². The zero-order valence-electron chi connectivity index (χ0n) is 18.4. The van der Waals surface area contributed by atoms with E-state index in [0.717, 1.165) is 56.5 Å². The summed E-state index contributed by atoms with van der Waals surface area (Å²) in [6.07, 6.45) is 6.08. The molecule has 0 atom stereocenters. The number of carbonyl (C=O) groups excluding carboxylic acids is 1. The fourth-order valence-corrected chi connectivity index (χ4v) is 5.02. The molecule has 0 radical (unpaired) electrons. The van der Waals surface area contributed by atoms with Crippen LogP contribution in [0.4, 0.5) is 4.79 Å². The molecule has 2 aliphatic rings. The molecule has 166 valence electrons. The molecular weight excluding hydrogens is 388 g/mol. The Kier molecular flexibility index (Phi) is 6.81. The molecule has 1 saturated heterocycles. The summed E-state index contributed by atoms with van der Waals surface area (Å²) in [6.45, 7) is 1.61. The first-order chi connectivity index (χ1) is 15.1. The van der Waals surface area contributed by atoms with Crippen LogP contribution in [0.25, 0.3) is 0 Å². The minimum absolute atomic E-state index is 0.0509. The molecule has 0 aromatic heterocycles. The number of aliphatic hydroxyl groups is 1. The van der Waals surface area contributed by atoms with Gasteiger partial charge in [-0.3, -0.25) is 0 Å². The lowest BCUT2D eigenvalue weighted by atomic mass is 9.78. The van der Waals surface area contributed by atoms with Gasteiger partial charge in [-0.15, -0.1) is 0 Å². The van der Waals surface area contributed by atoms with Crippen molar-refractivity contribution >= 4 is 6.03 Å². The number of amides is 2. The van der Waals surface area contributed by atoms with Gasteiger partial charge in [-0.25, -0.2) is 4.79 Å². The van der Waals surface area contributed by atoms with E-state index in [-0.39, 0.29) is 12.1 Å². The van der Waals surface area contributed by atoms with Gasteiger partial charge < -0.3 is 20.1 Å². The van der Waals surface area contributed by atoms with E-state index in [2.05, 4.69) is 17.4 Å². The number of rotatable bonds is 5. The Morgan fingerprint density at radius 1 is 1.06 bits per heavy atom. The first-order valence-corrected chi connectivity index (χ1v) is 11.5. The minimum atomic E-state index is -0.763. The number of hydrogen-bond donors (Lipinski definition) is 2. The highest BCUT2D eigenvalue weighted by Crippen LogP contribution is 2.37. The fraction of sp³-hybridized carbons (Fsp3) is 0.500. The molecule has 0 bridgehead atoms. The second-order valence-corrected chi connectivity index (χ2v) is 9.11. The average Bonchev–Trinajstić information content (AvgIpc) is 2.82. The number of urea groups is 1. The Hall–Kier alpha value is -2.53. The van der Waals surface area contributed by atoms with Crippen LogP contribution in [-0.2, 0) is 12.0 Å². The van der Waals surface area contributed by atoms with Crippen molar-refractivity contribution in [2.24, 2.45) is 5.92 Å².